The van der Waals surface area contributed by atoms with Crippen molar-refractivity contribution in [2.45, 2.75) is 13.0 Å². The van der Waals surface area contributed by atoms with Gasteiger partial charge in [0.25, 0.3) is 5.91 Å². The lowest BCUT2D eigenvalue weighted by Crippen LogP contribution is -2.47. The minimum Gasteiger partial charge on any atom is -0.448 e. The fourth-order valence-electron chi connectivity index (χ4n) is 2.40. The molecule has 0 radical (unpaired) electrons. The molecule has 2 aromatic rings. The lowest BCUT2D eigenvalue weighted by atomic mass is 10.1. The first-order valence-electron chi connectivity index (χ1n) is 7.38. The van der Waals surface area contributed by atoms with Gasteiger partial charge in [0, 0.05) is 6.20 Å². The summed E-state index contributed by atoms with van der Waals surface area (Å²) in [6.45, 7) is 1.35. The molecule has 1 aromatic heterocycles. The summed E-state index contributed by atoms with van der Waals surface area (Å²) >= 11 is 0. The van der Waals surface area contributed by atoms with Crippen LogP contribution in [0.4, 0.5) is 11.4 Å². The molecule has 1 aromatic carbocycles. The number of hydrogen-bond donors (Lipinski definition) is 1. The highest BCUT2D eigenvalue weighted by Gasteiger charge is 2.31. The molecule has 1 N–H and O–H groups in total. The first-order chi connectivity index (χ1) is 11.6. The standard InChI is InChI=1S/C17H15N3O4/c1-11(24-17(23)13-7-4-5-9-18-13)16(22)20-10-15(21)19-12-6-2-3-8-14(12)20/h2-9,11H,10H2,1H3,(H,19,21)/t11-/m0/s1. The van der Waals surface area contributed by atoms with Gasteiger partial charge in [-0.15, -0.1) is 0 Å². The Morgan fingerprint density at radius 3 is 2.71 bits per heavy atom. The number of benzene rings is 1. The summed E-state index contributed by atoms with van der Waals surface area (Å²) in [6.07, 6.45) is 0.423. The van der Waals surface area contributed by atoms with Crippen LogP contribution in [0.5, 0.6) is 0 Å². The predicted molar refractivity (Wildman–Crippen MR) is 86.5 cm³/mol. The number of nitrogens with one attached hydrogen (secondary N) is 1. The number of amides is 2. The molecule has 7 nitrogen and oxygen atoms in total. The Morgan fingerprint density at radius 1 is 1.21 bits per heavy atom. The molecule has 1 aliphatic heterocycles. The number of ether oxygens (including phenoxy) is 1. The van der Waals surface area contributed by atoms with Crippen molar-refractivity contribution in [1.82, 2.24) is 4.98 Å². The Hall–Kier alpha value is -3.22. The molecule has 0 fully saturated rings. The molecule has 7 heteroatoms. The van der Waals surface area contributed by atoms with Crippen molar-refractivity contribution in [2.24, 2.45) is 0 Å². The summed E-state index contributed by atoms with van der Waals surface area (Å²) < 4.78 is 5.18. The molecule has 0 saturated carbocycles. The maximum absolute atomic E-state index is 12.6. The van der Waals surface area contributed by atoms with Gasteiger partial charge in [-0.25, -0.2) is 9.78 Å². The Morgan fingerprint density at radius 2 is 1.96 bits per heavy atom. The van der Waals surface area contributed by atoms with Crippen molar-refractivity contribution in [3.05, 3.63) is 54.4 Å². The van der Waals surface area contributed by atoms with Gasteiger partial charge in [-0.05, 0) is 31.2 Å². The predicted octanol–water partition coefficient (Wildman–Crippen LogP) is 1.61. The number of fused-ring (bicyclic) bond motifs is 1. The van der Waals surface area contributed by atoms with E-state index in [1.165, 1.54) is 24.1 Å². The maximum Gasteiger partial charge on any atom is 0.357 e. The minimum absolute atomic E-state index is 0.119. The average molecular weight is 325 g/mol. The van der Waals surface area contributed by atoms with Gasteiger partial charge >= 0.3 is 5.97 Å². The summed E-state index contributed by atoms with van der Waals surface area (Å²) in [5.74, 6) is -1.46. The highest BCUT2D eigenvalue weighted by molar-refractivity contribution is 6.11. The fraction of sp³-hybridized carbons (Fsp3) is 0.176. The number of pyridine rings is 1. The van der Waals surface area contributed by atoms with Crippen molar-refractivity contribution in [1.29, 1.82) is 0 Å². The van der Waals surface area contributed by atoms with Gasteiger partial charge in [-0.3, -0.25) is 14.5 Å². The number of carbonyl (C=O) groups is 3. The van der Waals surface area contributed by atoms with E-state index in [4.69, 9.17) is 4.74 Å². The first-order valence-corrected chi connectivity index (χ1v) is 7.38. The molecule has 0 spiro atoms. The molecule has 0 bridgehead atoms. The maximum atomic E-state index is 12.6. The summed E-state index contributed by atoms with van der Waals surface area (Å²) in [5, 5.41) is 2.70. The zero-order valence-electron chi connectivity index (χ0n) is 12.9. The van der Waals surface area contributed by atoms with Crippen molar-refractivity contribution < 1.29 is 19.1 Å². The van der Waals surface area contributed by atoms with Crippen LogP contribution in [0, 0.1) is 0 Å². The van der Waals surface area contributed by atoms with Crippen LogP contribution in [0.3, 0.4) is 0 Å². The van der Waals surface area contributed by atoms with Gasteiger partial charge in [-0.1, -0.05) is 18.2 Å². The third-order valence-corrected chi connectivity index (χ3v) is 3.54. The largest absolute Gasteiger partial charge is 0.448 e. The molecule has 1 aliphatic rings. The molecule has 0 unspecified atom stereocenters. The number of hydrogen-bond acceptors (Lipinski definition) is 5. The highest BCUT2D eigenvalue weighted by atomic mass is 16.5. The Kier molecular flexibility index (Phi) is 4.24. The number of aromatic nitrogens is 1. The van der Waals surface area contributed by atoms with E-state index in [-0.39, 0.29) is 18.1 Å². The number of carbonyl (C=O) groups excluding carboxylic acids is 3. The van der Waals surface area contributed by atoms with Crippen LogP contribution in [0.15, 0.2) is 48.7 Å². The smallest absolute Gasteiger partial charge is 0.357 e. The molecule has 2 heterocycles. The molecule has 0 saturated heterocycles. The zero-order chi connectivity index (χ0) is 17.1. The normalized spacial score (nSPS) is 14.4. The molecule has 1 atom stereocenters. The second kappa shape index (κ2) is 6.49. The van der Waals surface area contributed by atoms with E-state index < -0.39 is 18.0 Å². The number of rotatable bonds is 3. The van der Waals surface area contributed by atoms with Crippen LogP contribution in [-0.2, 0) is 14.3 Å². The van der Waals surface area contributed by atoms with E-state index in [0.717, 1.165) is 0 Å². The lowest BCUT2D eigenvalue weighted by Gasteiger charge is -2.30. The molecule has 2 amide bonds. The number of para-hydroxylation sites is 2. The van der Waals surface area contributed by atoms with Gasteiger partial charge in [0.2, 0.25) is 5.91 Å². The Balaban J connectivity index is 1.77. The lowest BCUT2D eigenvalue weighted by molar-refractivity contribution is -0.128. The molecule has 24 heavy (non-hydrogen) atoms. The van der Waals surface area contributed by atoms with Crippen LogP contribution in [0.2, 0.25) is 0 Å². The highest BCUT2D eigenvalue weighted by Crippen LogP contribution is 2.29. The van der Waals surface area contributed by atoms with E-state index in [1.807, 2.05) is 0 Å². The number of nitrogens with zero attached hydrogens (tertiary/aromatic N) is 2. The second-order valence-electron chi connectivity index (χ2n) is 5.25. The molecule has 122 valence electrons. The molecule has 3 rings (SSSR count). The van der Waals surface area contributed by atoms with Crippen LogP contribution in [0.25, 0.3) is 0 Å². The number of anilines is 2. The average Bonchev–Trinajstić information content (AvgIpc) is 2.61. The van der Waals surface area contributed by atoms with Crippen LogP contribution < -0.4 is 10.2 Å². The van der Waals surface area contributed by atoms with Gasteiger partial charge in [0.05, 0.1) is 11.4 Å². The summed E-state index contributed by atoms with van der Waals surface area (Å²) in [6, 6.07) is 11.8. The topological polar surface area (TPSA) is 88.6 Å². The summed E-state index contributed by atoms with van der Waals surface area (Å²) in [7, 11) is 0. The van der Waals surface area contributed by atoms with Crippen LogP contribution in [-0.4, -0.2) is 35.4 Å². The zero-order valence-corrected chi connectivity index (χ0v) is 12.9. The third kappa shape index (κ3) is 3.10. The van der Waals surface area contributed by atoms with Crippen LogP contribution in [0.1, 0.15) is 17.4 Å². The van der Waals surface area contributed by atoms with Crippen molar-refractivity contribution >= 4 is 29.2 Å². The monoisotopic (exact) mass is 325 g/mol. The van der Waals surface area contributed by atoms with E-state index >= 15 is 0 Å². The van der Waals surface area contributed by atoms with E-state index in [2.05, 4.69) is 10.3 Å². The van der Waals surface area contributed by atoms with Gasteiger partial charge in [0.15, 0.2) is 6.10 Å². The van der Waals surface area contributed by atoms with Crippen molar-refractivity contribution in [3.8, 4) is 0 Å². The van der Waals surface area contributed by atoms with E-state index in [1.54, 1.807) is 36.4 Å². The van der Waals surface area contributed by atoms with Gasteiger partial charge in [0.1, 0.15) is 12.2 Å². The minimum atomic E-state index is -1.04. The Bertz CT molecular complexity index is 791. The molecular formula is C17H15N3O4. The number of esters is 1. The summed E-state index contributed by atoms with van der Waals surface area (Å²) in [4.78, 5) is 41.6. The Labute approximate surface area is 138 Å². The van der Waals surface area contributed by atoms with Crippen molar-refractivity contribution in [2.75, 3.05) is 16.8 Å². The third-order valence-electron chi connectivity index (χ3n) is 3.54. The van der Waals surface area contributed by atoms with Gasteiger partial charge < -0.3 is 10.1 Å². The second-order valence-corrected chi connectivity index (χ2v) is 5.25. The van der Waals surface area contributed by atoms with E-state index in [9.17, 15) is 14.4 Å². The quantitative estimate of drug-likeness (QED) is 0.866. The molecule has 0 aliphatic carbocycles. The van der Waals surface area contributed by atoms with Crippen molar-refractivity contribution in [3.63, 3.8) is 0 Å². The molecular weight excluding hydrogens is 310 g/mol. The SMILES string of the molecule is C[C@H](OC(=O)c1ccccn1)C(=O)N1CC(=O)Nc2ccccc21. The van der Waals surface area contributed by atoms with E-state index in [0.29, 0.717) is 11.4 Å². The first kappa shape index (κ1) is 15.7. The van der Waals surface area contributed by atoms with Gasteiger partial charge in [-0.2, -0.15) is 0 Å². The summed E-state index contributed by atoms with van der Waals surface area (Å²) in [5.41, 5.74) is 1.24. The fourth-order valence-corrected chi connectivity index (χ4v) is 2.40. The van der Waals surface area contributed by atoms with Crippen LogP contribution >= 0.6 is 0 Å².